The fourth-order valence-electron chi connectivity index (χ4n) is 1.07. The minimum atomic E-state index is -1.39. The van der Waals surface area contributed by atoms with Crippen LogP contribution in [0.25, 0.3) is 0 Å². The summed E-state index contributed by atoms with van der Waals surface area (Å²) in [4.78, 5) is 0. The van der Waals surface area contributed by atoms with Crippen molar-refractivity contribution in [1.29, 1.82) is 0 Å². The van der Waals surface area contributed by atoms with Crippen molar-refractivity contribution in [2.75, 3.05) is 0 Å². The number of hydrogen-bond donors (Lipinski definition) is 0. The average Bonchev–Trinajstić information content (AvgIpc) is 2.51. The van der Waals surface area contributed by atoms with E-state index in [0.29, 0.717) is 5.69 Å². The summed E-state index contributed by atoms with van der Waals surface area (Å²) >= 11 is 0. The maximum atomic E-state index is 4.09. The largest absolute Gasteiger partial charge is 0.239 e. The Bertz CT molecular complexity index is 552. The molecule has 0 spiro atoms. The lowest BCUT2D eigenvalue weighted by molar-refractivity contribution is 0.708. The van der Waals surface area contributed by atoms with E-state index >= 15 is 0 Å². The molecule has 5 heteroatoms. The van der Waals surface area contributed by atoms with Gasteiger partial charge in [0.25, 0.3) is 0 Å². The molecule has 1 heterocycles. The fraction of sp³-hybridized carbons (Fsp3) is 0.538. The molecule has 3 nitrogen and oxygen atoms in total. The molecule has 1 aromatic rings. The molecular formula is C13H21N3Si2. The summed E-state index contributed by atoms with van der Waals surface area (Å²) in [5.41, 5.74) is 8.19. The van der Waals surface area contributed by atoms with Crippen LogP contribution in [0.3, 0.4) is 0 Å². The monoisotopic (exact) mass is 275 g/mol. The van der Waals surface area contributed by atoms with Gasteiger partial charge in [0.2, 0.25) is 0 Å². The van der Waals surface area contributed by atoms with Gasteiger partial charge >= 0.3 is 0 Å². The summed E-state index contributed by atoms with van der Waals surface area (Å²) in [6.45, 7) is 13.3. The van der Waals surface area contributed by atoms with Crippen LogP contribution >= 0.6 is 0 Å². The lowest BCUT2D eigenvalue weighted by Gasteiger charge is -2.04. The second-order valence-electron chi connectivity index (χ2n) is 6.41. The molecule has 0 unspecified atom stereocenters. The number of aromatic nitrogens is 3. The number of hydrogen-bond acceptors (Lipinski definition) is 2. The topological polar surface area (TPSA) is 30.7 Å². The van der Waals surface area contributed by atoms with E-state index in [4.69, 9.17) is 0 Å². The Morgan fingerprint density at radius 3 is 1.89 bits per heavy atom. The minimum absolute atomic E-state index is 0.714. The first-order valence-electron chi connectivity index (χ1n) is 6.04. The predicted molar refractivity (Wildman–Crippen MR) is 81.5 cm³/mol. The van der Waals surface area contributed by atoms with Gasteiger partial charge in [-0.1, -0.05) is 50.4 Å². The van der Waals surface area contributed by atoms with E-state index in [0.717, 1.165) is 5.69 Å². The van der Waals surface area contributed by atoms with Crippen LogP contribution in [0, 0.1) is 22.9 Å². The Morgan fingerprint density at radius 1 is 0.889 bits per heavy atom. The molecule has 0 N–H and O–H groups in total. The SMILES string of the molecule is Cn1nnc(C#C[Si](C)(C)C)c1C#C[Si](C)(C)C. The molecule has 18 heavy (non-hydrogen) atoms. The molecule has 0 aromatic carbocycles. The van der Waals surface area contributed by atoms with Crippen molar-refractivity contribution in [2.24, 2.45) is 7.05 Å². The van der Waals surface area contributed by atoms with Gasteiger partial charge in [-0.15, -0.1) is 16.2 Å². The first-order valence-corrected chi connectivity index (χ1v) is 13.0. The first-order chi connectivity index (χ1) is 8.08. The Balaban J connectivity index is 3.16. The summed E-state index contributed by atoms with van der Waals surface area (Å²) in [5, 5.41) is 8.10. The Hall–Kier alpha value is -1.31. The summed E-state index contributed by atoms with van der Waals surface area (Å²) in [5.74, 6) is 6.34. The van der Waals surface area contributed by atoms with E-state index < -0.39 is 16.1 Å². The third-order valence-corrected chi connectivity index (χ3v) is 3.69. The molecule has 0 aliphatic heterocycles. The van der Waals surface area contributed by atoms with Gasteiger partial charge in [0, 0.05) is 7.05 Å². The third kappa shape index (κ3) is 4.91. The van der Waals surface area contributed by atoms with Crippen molar-refractivity contribution >= 4 is 16.1 Å². The smallest absolute Gasteiger partial charge is 0.170 e. The highest BCUT2D eigenvalue weighted by Gasteiger charge is 2.12. The van der Waals surface area contributed by atoms with Gasteiger partial charge in [-0.05, 0) is 5.92 Å². The molecule has 0 saturated heterocycles. The maximum Gasteiger partial charge on any atom is 0.170 e. The third-order valence-electron chi connectivity index (χ3n) is 1.94. The standard InChI is InChI=1S/C13H21N3Si2/c1-16-13(9-11-18(5,6)7)12(14-15-16)8-10-17(2,3)4/h1-7H3. The summed E-state index contributed by atoms with van der Waals surface area (Å²) in [7, 11) is -0.917. The molecule has 96 valence electrons. The molecule has 0 bridgehead atoms. The van der Waals surface area contributed by atoms with Gasteiger partial charge in [0.05, 0.1) is 0 Å². The lowest BCUT2D eigenvalue weighted by atomic mass is 10.3. The van der Waals surface area contributed by atoms with Crippen LogP contribution in [0.5, 0.6) is 0 Å². The first kappa shape index (κ1) is 14.8. The van der Waals surface area contributed by atoms with E-state index in [1.807, 2.05) is 7.05 Å². The second-order valence-corrected chi connectivity index (χ2v) is 15.9. The minimum Gasteiger partial charge on any atom is -0.239 e. The average molecular weight is 276 g/mol. The number of nitrogens with zero attached hydrogens (tertiary/aromatic N) is 3. The summed E-state index contributed by atoms with van der Waals surface area (Å²) in [6.07, 6.45) is 0. The molecule has 0 saturated carbocycles. The van der Waals surface area contributed by atoms with Crippen LogP contribution in [0.4, 0.5) is 0 Å². The van der Waals surface area contributed by atoms with Gasteiger partial charge in [-0.25, -0.2) is 4.68 Å². The van der Waals surface area contributed by atoms with Crippen molar-refractivity contribution in [1.82, 2.24) is 15.0 Å². The van der Waals surface area contributed by atoms with E-state index in [1.165, 1.54) is 0 Å². The quantitative estimate of drug-likeness (QED) is 0.537. The van der Waals surface area contributed by atoms with Gasteiger partial charge in [-0.3, -0.25) is 0 Å². The van der Waals surface area contributed by atoms with Gasteiger partial charge in [0.15, 0.2) is 5.69 Å². The molecule has 0 amide bonds. The van der Waals surface area contributed by atoms with Crippen molar-refractivity contribution in [2.45, 2.75) is 39.3 Å². The Morgan fingerprint density at radius 2 is 1.39 bits per heavy atom. The van der Waals surface area contributed by atoms with Gasteiger partial charge in [0.1, 0.15) is 21.8 Å². The Kier molecular flexibility index (Phi) is 4.21. The zero-order chi connectivity index (χ0) is 14.0. The molecule has 0 aliphatic carbocycles. The van der Waals surface area contributed by atoms with Gasteiger partial charge < -0.3 is 0 Å². The molecule has 0 aliphatic rings. The summed E-state index contributed by atoms with van der Waals surface area (Å²) < 4.78 is 1.71. The van der Waals surface area contributed by atoms with Crippen LogP contribution in [0.15, 0.2) is 0 Å². The van der Waals surface area contributed by atoms with Crippen LogP contribution < -0.4 is 0 Å². The van der Waals surface area contributed by atoms with Crippen molar-refractivity contribution in [3.63, 3.8) is 0 Å². The number of rotatable bonds is 0. The molecule has 0 radical (unpaired) electrons. The maximum absolute atomic E-state index is 4.09. The highest BCUT2D eigenvalue weighted by atomic mass is 28.3. The highest BCUT2D eigenvalue weighted by molar-refractivity contribution is 6.84. The zero-order valence-corrected chi connectivity index (χ0v) is 14.3. The van der Waals surface area contributed by atoms with Crippen LogP contribution in [-0.4, -0.2) is 31.1 Å². The zero-order valence-electron chi connectivity index (χ0n) is 12.3. The van der Waals surface area contributed by atoms with E-state index in [2.05, 4.69) is 72.5 Å². The molecule has 0 fully saturated rings. The lowest BCUT2D eigenvalue weighted by Crippen LogP contribution is -2.17. The second kappa shape index (κ2) is 5.13. The van der Waals surface area contributed by atoms with Crippen molar-refractivity contribution in [3.8, 4) is 22.9 Å². The Labute approximate surface area is 112 Å². The van der Waals surface area contributed by atoms with E-state index in [1.54, 1.807) is 4.68 Å². The molecular weight excluding hydrogens is 254 g/mol. The van der Waals surface area contributed by atoms with E-state index in [9.17, 15) is 0 Å². The van der Waals surface area contributed by atoms with Crippen LogP contribution in [-0.2, 0) is 7.05 Å². The fourth-order valence-corrected chi connectivity index (χ4v) is 2.06. The van der Waals surface area contributed by atoms with Crippen molar-refractivity contribution in [3.05, 3.63) is 11.4 Å². The van der Waals surface area contributed by atoms with Crippen LogP contribution in [0.1, 0.15) is 11.4 Å². The molecule has 0 atom stereocenters. The van der Waals surface area contributed by atoms with E-state index in [-0.39, 0.29) is 0 Å². The normalized spacial score (nSPS) is 11.3. The van der Waals surface area contributed by atoms with Crippen molar-refractivity contribution < 1.29 is 0 Å². The molecule has 1 aromatic heterocycles. The highest BCUT2D eigenvalue weighted by Crippen LogP contribution is 2.04. The number of aryl methyl sites for hydroxylation is 1. The summed E-state index contributed by atoms with van der Waals surface area (Å²) in [6, 6.07) is 0. The predicted octanol–water partition coefficient (Wildman–Crippen LogP) is 2.27. The van der Waals surface area contributed by atoms with Gasteiger partial charge in [-0.2, -0.15) is 0 Å². The van der Waals surface area contributed by atoms with Crippen LogP contribution in [0.2, 0.25) is 39.3 Å². The molecule has 1 rings (SSSR count).